The number of methoxy groups -OCH3 is 1. The van der Waals surface area contributed by atoms with Gasteiger partial charge in [0.05, 0.1) is 22.9 Å². The van der Waals surface area contributed by atoms with Crippen LogP contribution < -0.4 is 4.74 Å². The van der Waals surface area contributed by atoms with E-state index in [1.165, 1.54) is 19.2 Å². The van der Waals surface area contributed by atoms with Crippen LogP contribution in [0.25, 0.3) is 0 Å². The van der Waals surface area contributed by atoms with Crippen molar-refractivity contribution in [2.75, 3.05) is 12.4 Å². The molecule has 1 rings (SSSR count). The maximum absolute atomic E-state index is 11.6. The number of ketones is 1. The maximum Gasteiger partial charge on any atom is 0.288 e. The number of nitro groups is 1. The van der Waals surface area contributed by atoms with Gasteiger partial charge in [-0.3, -0.25) is 14.9 Å². The van der Waals surface area contributed by atoms with Gasteiger partial charge in [0.2, 0.25) is 0 Å². The van der Waals surface area contributed by atoms with Crippen LogP contribution in [0.3, 0.4) is 0 Å². The van der Waals surface area contributed by atoms with Gasteiger partial charge in [0.15, 0.2) is 5.78 Å². The number of carbonyl (C=O) groups excluding carboxylic acids is 1. The molecule has 0 amide bonds. The number of nitro benzene ring substituents is 1. The SMILES string of the molecule is COc1ccc([N+](=O)[O-])c(Cl)c1C(=O)CBr. The van der Waals surface area contributed by atoms with Crippen LogP contribution in [0.5, 0.6) is 5.75 Å². The van der Waals surface area contributed by atoms with E-state index in [9.17, 15) is 14.9 Å². The van der Waals surface area contributed by atoms with E-state index < -0.39 is 4.92 Å². The summed E-state index contributed by atoms with van der Waals surface area (Å²) >= 11 is 8.78. The minimum Gasteiger partial charge on any atom is -0.496 e. The first-order chi connectivity index (χ1) is 7.52. The average molecular weight is 309 g/mol. The molecule has 0 fully saturated rings. The second-order valence-corrected chi connectivity index (χ2v) is 3.73. The van der Waals surface area contributed by atoms with Crippen LogP contribution in [0.2, 0.25) is 5.02 Å². The van der Waals surface area contributed by atoms with E-state index in [1.54, 1.807) is 0 Å². The summed E-state index contributed by atoms with van der Waals surface area (Å²) in [6.07, 6.45) is 0. The lowest BCUT2D eigenvalue weighted by atomic mass is 10.1. The molecule has 1 aromatic carbocycles. The Balaban J connectivity index is 3.46. The van der Waals surface area contributed by atoms with E-state index in [0.717, 1.165) is 0 Å². The van der Waals surface area contributed by atoms with Crippen molar-refractivity contribution in [3.8, 4) is 5.75 Å². The molecular formula is C9H7BrClNO4. The van der Waals surface area contributed by atoms with Crippen molar-refractivity contribution >= 4 is 39.0 Å². The quantitative estimate of drug-likeness (QED) is 0.371. The number of hydrogen-bond donors (Lipinski definition) is 0. The fourth-order valence-corrected chi connectivity index (χ4v) is 1.80. The number of carbonyl (C=O) groups is 1. The Hall–Kier alpha value is -1.14. The van der Waals surface area contributed by atoms with E-state index in [2.05, 4.69) is 15.9 Å². The number of halogens is 2. The molecule has 0 atom stereocenters. The Morgan fingerprint density at radius 1 is 1.62 bits per heavy atom. The molecule has 0 heterocycles. The van der Waals surface area contributed by atoms with Gasteiger partial charge in [0, 0.05) is 6.07 Å². The number of hydrogen-bond acceptors (Lipinski definition) is 4. The number of Topliss-reactive ketones (excluding diaryl/α,β-unsaturated/α-hetero) is 1. The summed E-state index contributed by atoms with van der Waals surface area (Å²) in [6.45, 7) is 0. The fourth-order valence-electron chi connectivity index (χ4n) is 1.19. The summed E-state index contributed by atoms with van der Waals surface area (Å²) < 4.78 is 4.94. The van der Waals surface area contributed by atoms with Crippen molar-refractivity contribution in [1.82, 2.24) is 0 Å². The van der Waals surface area contributed by atoms with Crippen LogP contribution >= 0.6 is 27.5 Å². The molecule has 0 radical (unpaired) electrons. The van der Waals surface area contributed by atoms with Gasteiger partial charge in [0.1, 0.15) is 10.8 Å². The fraction of sp³-hybridized carbons (Fsp3) is 0.222. The third-order valence-corrected chi connectivity index (χ3v) is 2.79. The minimum atomic E-state index is -0.646. The van der Waals surface area contributed by atoms with Crippen LogP contribution in [0, 0.1) is 10.1 Å². The standard InChI is InChI=1S/C9H7BrClNO4/c1-16-7-3-2-5(12(14)15)9(11)8(7)6(13)4-10/h2-3H,4H2,1H3. The summed E-state index contributed by atoms with van der Waals surface area (Å²) in [5.41, 5.74) is -0.290. The van der Waals surface area contributed by atoms with Gasteiger partial charge in [-0.15, -0.1) is 0 Å². The predicted octanol–water partition coefficient (Wildman–Crippen LogP) is 2.83. The van der Waals surface area contributed by atoms with Gasteiger partial charge >= 0.3 is 0 Å². The zero-order valence-corrected chi connectivity index (χ0v) is 10.5. The van der Waals surface area contributed by atoms with Gasteiger partial charge < -0.3 is 4.74 Å². The van der Waals surface area contributed by atoms with Crippen LogP contribution in [-0.4, -0.2) is 23.1 Å². The first kappa shape index (κ1) is 12.9. The smallest absolute Gasteiger partial charge is 0.288 e. The van der Waals surface area contributed by atoms with Crippen molar-refractivity contribution in [3.63, 3.8) is 0 Å². The Kier molecular flexibility index (Phi) is 4.26. The molecule has 0 aliphatic rings. The van der Waals surface area contributed by atoms with Gasteiger partial charge in [0.25, 0.3) is 5.69 Å². The molecule has 0 N–H and O–H groups in total. The zero-order chi connectivity index (χ0) is 12.3. The Morgan fingerprint density at radius 2 is 2.25 bits per heavy atom. The van der Waals surface area contributed by atoms with Crippen LogP contribution in [0.4, 0.5) is 5.69 Å². The highest BCUT2D eigenvalue weighted by Crippen LogP contribution is 2.34. The van der Waals surface area contributed by atoms with E-state index >= 15 is 0 Å². The van der Waals surface area contributed by atoms with Crippen LogP contribution in [0.15, 0.2) is 12.1 Å². The average Bonchev–Trinajstić information content (AvgIpc) is 2.26. The summed E-state index contributed by atoms with van der Waals surface area (Å²) in [5, 5.41) is 10.5. The first-order valence-corrected chi connectivity index (χ1v) is 5.63. The Bertz CT molecular complexity index is 449. The molecule has 1 aromatic rings. The molecular weight excluding hydrogens is 301 g/mol. The Morgan fingerprint density at radius 3 is 2.69 bits per heavy atom. The number of benzene rings is 1. The first-order valence-electron chi connectivity index (χ1n) is 4.13. The van der Waals surface area contributed by atoms with E-state index in [0.29, 0.717) is 0 Å². The summed E-state index contributed by atoms with van der Waals surface area (Å²) in [6, 6.07) is 2.55. The molecule has 0 unspecified atom stereocenters. The molecule has 5 nitrogen and oxygen atoms in total. The highest BCUT2D eigenvalue weighted by atomic mass is 79.9. The second kappa shape index (κ2) is 5.27. The van der Waals surface area contributed by atoms with Gasteiger partial charge in [-0.25, -0.2) is 0 Å². The molecule has 0 bridgehead atoms. The van der Waals surface area contributed by atoms with Gasteiger partial charge in [-0.1, -0.05) is 27.5 Å². The molecule has 0 saturated heterocycles. The lowest BCUT2D eigenvalue weighted by molar-refractivity contribution is -0.384. The van der Waals surface area contributed by atoms with Crippen molar-refractivity contribution in [2.45, 2.75) is 0 Å². The molecule has 16 heavy (non-hydrogen) atoms. The molecule has 0 aromatic heterocycles. The summed E-state index contributed by atoms with van der Waals surface area (Å²) in [4.78, 5) is 21.6. The largest absolute Gasteiger partial charge is 0.496 e. The van der Waals surface area contributed by atoms with Crippen molar-refractivity contribution in [3.05, 3.63) is 32.8 Å². The lowest BCUT2D eigenvalue weighted by Gasteiger charge is -2.08. The van der Waals surface area contributed by atoms with Crippen LogP contribution in [-0.2, 0) is 0 Å². The molecule has 0 saturated carbocycles. The maximum atomic E-state index is 11.6. The normalized spacial score (nSPS) is 9.94. The van der Waals surface area contributed by atoms with Gasteiger partial charge in [-0.05, 0) is 6.07 Å². The van der Waals surface area contributed by atoms with Crippen molar-refractivity contribution in [2.24, 2.45) is 0 Å². The van der Waals surface area contributed by atoms with E-state index in [1.807, 2.05) is 0 Å². The minimum absolute atomic E-state index is 0.0181. The van der Waals surface area contributed by atoms with E-state index in [-0.39, 0.29) is 33.1 Å². The molecule has 0 aliphatic carbocycles. The molecule has 0 aliphatic heterocycles. The topological polar surface area (TPSA) is 69.4 Å². The molecule has 86 valence electrons. The molecule has 7 heteroatoms. The van der Waals surface area contributed by atoms with E-state index in [4.69, 9.17) is 16.3 Å². The number of rotatable bonds is 4. The number of alkyl halides is 1. The third-order valence-electron chi connectivity index (χ3n) is 1.90. The zero-order valence-electron chi connectivity index (χ0n) is 8.20. The Labute approximate surface area is 105 Å². The lowest BCUT2D eigenvalue weighted by Crippen LogP contribution is -2.05. The van der Waals surface area contributed by atoms with Crippen LogP contribution in [0.1, 0.15) is 10.4 Å². The predicted molar refractivity (Wildman–Crippen MR) is 62.8 cm³/mol. The second-order valence-electron chi connectivity index (χ2n) is 2.79. The number of nitrogens with zero attached hydrogens (tertiary/aromatic N) is 1. The summed E-state index contributed by atoms with van der Waals surface area (Å²) in [5.74, 6) is -0.148. The van der Waals surface area contributed by atoms with Crippen molar-refractivity contribution in [1.29, 1.82) is 0 Å². The van der Waals surface area contributed by atoms with Crippen molar-refractivity contribution < 1.29 is 14.5 Å². The van der Waals surface area contributed by atoms with Gasteiger partial charge in [-0.2, -0.15) is 0 Å². The molecule has 0 spiro atoms. The highest BCUT2D eigenvalue weighted by molar-refractivity contribution is 9.09. The summed E-state index contributed by atoms with van der Waals surface area (Å²) in [7, 11) is 1.36. The number of ether oxygens (including phenoxy) is 1. The monoisotopic (exact) mass is 307 g/mol. The third kappa shape index (κ3) is 2.33. The highest BCUT2D eigenvalue weighted by Gasteiger charge is 2.23.